The van der Waals surface area contributed by atoms with Crippen molar-refractivity contribution in [1.82, 2.24) is 19.5 Å². The van der Waals surface area contributed by atoms with Gasteiger partial charge < -0.3 is 0 Å². The molecule has 7 aromatic carbocycles. The number of hydrogen-bond donors (Lipinski definition) is 0. The predicted molar refractivity (Wildman–Crippen MR) is 210 cm³/mol. The molecule has 0 aliphatic carbocycles. The highest BCUT2D eigenvalue weighted by molar-refractivity contribution is 7.67. The Labute approximate surface area is 290 Å². The molecule has 1 unspecified atom stereocenters. The van der Waals surface area contributed by atoms with Crippen molar-refractivity contribution in [2.45, 2.75) is 0 Å². The van der Waals surface area contributed by atoms with E-state index in [1.165, 1.54) is 37.4 Å². The van der Waals surface area contributed by atoms with E-state index >= 15 is 0 Å². The molecule has 0 saturated carbocycles. The fourth-order valence-corrected chi connectivity index (χ4v) is 9.88. The molecule has 0 aliphatic heterocycles. The van der Waals surface area contributed by atoms with Gasteiger partial charge in [0.25, 0.3) is 0 Å². The Hall–Kier alpha value is -6.35. The lowest BCUT2D eigenvalue weighted by molar-refractivity contribution is 0.953. The maximum absolute atomic E-state index is 5.09. The number of benzene rings is 7. The SMILES string of the molecule is c1ccc(-c2nc(-c3ccccc3)nc(-n3c4ccccc4c4cc(-c5ccc6c(c5)c5ccccc5p6-c5ccccc5)ccc43)n2)cc1. The summed E-state index contributed by atoms with van der Waals surface area (Å²) in [5.74, 6) is 1.89. The number of rotatable bonds is 5. The molecule has 234 valence electrons. The van der Waals surface area contributed by atoms with Gasteiger partial charge in [-0.1, -0.05) is 153 Å². The molecular formula is C45H29N4P. The first-order chi connectivity index (χ1) is 24.8. The van der Waals surface area contributed by atoms with Crippen molar-refractivity contribution >= 4 is 50.3 Å². The van der Waals surface area contributed by atoms with E-state index in [1.54, 1.807) is 0 Å². The van der Waals surface area contributed by atoms with Crippen molar-refractivity contribution in [3.05, 3.63) is 176 Å². The number of aromatic nitrogens is 4. The number of fused-ring (bicyclic) bond motifs is 6. The second kappa shape index (κ2) is 11.7. The van der Waals surface area contributed by atoms with E-state index in [0.29, 0.717) is 17.6 Å². The van der Waals surface area contributed by atoms with Crippen molar-refractivity contribution in [1.29, 1.82) is 0 Å². The fraction of sp³-hybridized carbons (Fsp3) is 0. The van der Waals surface area contributed by atoms with Gasteiger partial charge in [-0.05, 0) is 57.5 Å². The van der Waals surface area contributed by atoms with Gasteiger partial charge in [0.2, 0.25) is 5.95 Å². The lowest BCUT2D eigenvalue weighted by Crippen LogP contribution is -2.06. The van der Waals surface area contributed by atoms with E-state index in [2.05, 4.69) is 120 Å². The molecule has 3 heterocycles. The molecule has 1 atom stereocenters. The molecule has 0 N–H and O–H groups in total. The minimum absolute atomic E-state index is 0.589. The average Bonchev–Trinajstić information content (AvgIpc) is 3.71. The van der Waals surface area contributed by atoms with Gasteiger partial charge in [0.05, 0.1) is 11.0 Å². The van der Waals surface area contributed by atoms with Crippen LogP contribution in [0.3, 0.4) is 0 Å². The van der Waals surface area contributed by atoms with Gasteiger partial charge in [0, 0.05) is 32.1 Å². The van der Waals surface area contributed by atoms with Gasteiger partial charge in [0.1, 0.15) is 0 Å². The monoisotopic (exact) mass is 656 g/mol. The zero-order valence-corrected chi connectivity index (χ0v) is 27.9. The van der Waals surface area contributed by atoms with Crippen LogP contribution < -0.4 is 0 Å². The van der Waals surface area contributed by atoms with Crippen LogP contribution in [0.2, 0.25) is 0 Å². The molecule has 0 amide bonds. The Balaban J connectivity index is 1.17. The van der Waals surface area contributed by atoms with E-state index in [-0.39, 0.29) is 0 Å². The van der Waals surface area contributed by atoms with E-state index in [1.807, 2.05) is 60.7 Å². The van der Waals surface area contributed by atoms with E-state index in [9.17, 15) is 0 Å². The quantitative estimate of drug-likeness (QED) is 0.185. The molecule has 50 heavy (non-hydrogen) atoms. The summed E-state index contributed by atoms with van der Waals surface area (Å²) >= 11 is 0. The Morgan fingerprint density at radius 2 is 0.880 bits per heavy atom. The van der Waals surface area contributed by atoms with Crippen LogP contribution in [0.15, 0.2) is 176 Å². The van der Waals surface area contributed by atoms with Gasteiger partial charge in [0.15, 0.2) is 11.6 Å². The Morgan fingerprint density at radius 3 is 1.58 bits per heavy atom. The molecule has 10 rings (SSSR count). The van der Waals surface area contributed by atoms with Crippen LogP contribution in [-0.4, -0.2) is 19.5 Å². The molecule has 5 heteroatoms. The molecule has 10 aromatic rings. The average molecular weight is 657 g/mol. The summed E-state index contributed by atoms with van der Waals surface area (Å²) in [5.41, 5.74) is 6.40. The topological polar surface area (TPSA) is 43.6 Å². The van der Waals surface area contributed by atoms with Gasteiger partial charge in [-0.25, -0.2) is 4.98 Å². The zero-order chi connectivity index (χ0) is 33.0. The molecule has 0 saturated heterocycles. The maximum Gasteiger partial charge on any atom is 0.238 e. The third-order valence-electron chi connectivity index (χ3n) is 9.58. The summed E-state index contributed by atoms with van der Waals surface area (Å²) in [6.45, 7) is 0. The van der Waals surface area contributed by atoms with Crippen LogP contribution in [0.4, 0.5) is 0 Å². The van der Waals surface area contributed by atoms with Crippen molar-refractivity contribution in [2.24, 2.45) is 0 Å². The van der Waals surface area contributed by atoms with E-state index in [0.717, 1.165) is 32.9 Å². The van der Waals surface area contributed by atoms with Crippen molar-refractivity contribution in [3.8, 4) is 45.2 Å². The molecular weight excluding hydrogens is 627 g/mol. The van der Waals surface area contributed by atoms with Crippen LogP contribution in [0.1, 0.15) is 0 Å². The zero-order valence-electron chi connectivity index (χ0n) is 27.0. The summed E-state index contributed by atoms with van der Waals surface area (Å²) in [5, 5.41) is 9.24. The summed E-state index contributed by atoms with van der Waals surface area (Å²) in [7, 11) is -0.589. The second-order valence-electron chi connectivity index (χ2n) is 12.5. The maximum atomic E-state index is 5.09. The third kappa shape index (κ3) is 4.65. The summed E-state index contributed by atoms with van der Waals surface area (Å²) < 4.78 is 2.18. The van der Waals surface area contributed by atoms with E-state index in [4.69, 9.17) is 15.0 Å². The van der Waals surface area contributed by atoms with Gasteiger partial charge in [-0.3, -0.25) is 4.57 Å². The smallest absolute Gasteiger partial charge is 0.238 e. The lowest BCUT2D eigenvalue weighted by atomic mass is 10.0. The van der Waals surface area contributed by atoms with Crippen molar-refractivity contribution in [2.75, 3.05) is 0 Å². The molecule has 3 aromatic heterocycles. The Bertz CT molecular complexity index is 2800. The van der Waals surface area contributed by atoms with Crippen LogP contribution in [-0.2, 0) is 0 Å². The van der Waals surface area contributed by atoms with Gasteiger partial charge >= 0.3 is 0 Å². The summed E-state index contributed by atoms with van der Waals surface area (Å²) in [6.07, 6.45) is 0. The molecule has 0 fully saturated rings. The highest BCUT2D eigenvalue weighted by Gasteiger charge is 2.19. The largest absolute Gasteiger partial charge is 0.278 e. The summed E-state index contributed by atoms with van der Waals surface area (Å²) in [6, 6.07) is 62.5. The first kappa shape index (κ1) is 28.6. The molecule has 0 bridgehead atoms. The molecule has 4 nitrogen and oxygen atoms in total. The van der Waals surface area contributed by atoms with Crippen LogP contribution in [0.25, 0.3) is 88.0 Å². The first-order valence-corrected chi connectivity index (χ1v) is 18.1. The minimum atomic E-state index is -0.589. The Kier molecular flexibility index (Phi) is 6.68. The minimum Gasteiger partial charge on any atom is -0.278 e. The van der Waals surface area contributed by atoms with Crippen LogP contribution in [0.5, 0.6) is 0 Å². The van der Waals surface area contributed by atoms with Crippen molar-refractivity contribution in [3.63, 3.8) is 0 Å². The number of hydrogen-bond acceptors (Lipinski definition) is 3. The molecule has 0 radical (unpaired) electrons. The number of para-hydroxylation sites is 1. The Morgan fingerprint density at radius 1 is 0.360 bits per heavy atom. The fourth-order valence-electron chi connectivity index (χ4n) is 7.27. The van der Waals surface area contributed by atoms with Gasteiger partial charge in [-0.15, -0.1) is 0 Å². The predicted octanol–water partition coefficient (Wildman–Crippen LogP) is 12.3. The van der Waals surface area contributed by atoms with E-state index < -0.39 is 7.53 Å². The first-order valence-electron chi connectivity index (χ1n) is 16.8. The number of nitrogens with zero attached hydrogens (tertiary/aromatic N) is 4. The second-order valence-corrected chi connectivity index (χ2v) is 14.7. The third-order valence-corrected chi connectivity index (χ3v) is 12.1. The van der Waals surface area contributed by atoms with Crippen molar-refractivity contribution < 1.29 is 0 Å². The van der Waals surface area contributed by atoms with Crippen LogP contribution in [0, 0.1) is 0 Å². The summed E-state index contributed by atoms with van der Waals surface area (Å²) in [4.78, 5) is 15.1. The van der Waals surface area contributed by atoms with Gasteiger partial charge in [-0.2, -0.15) is 9.97 Å². The molecule has 0 spiro atoms. The highest BCUT2D eigenvalue weighted by Crippen LogP contribution is 2.55. The normalized spacial score (nSPS) is 12.0. The molecule has 0 aliphatic rings. The van der Waals surface area contributed by atoms with Crippen LogP contribution >= 0.6 is 7.53 Å². The highest BCUT2D eigenvalue weighted by atomic mass is 31.1. The lowest BCUT2D eigenvalue weighted by Gasteiger charge is -2.11. The standard InChI is InChI=1S/C45H29N4P/c1-4-14-30(15-5-1)43-46-44(31-16-6-2-7-17-31)48-45(47-43)49-39-22-12-10-20-35(39)37-28-32(24-26-40(37)49)33-25-27-42-38(29-33)36-21-11-13-23-41(36)50(42)34-18-8-3-9-19-34/h1-29H.